The van der Waals surface area contributed by atoms with Gasteiger partial charge in [-0.25, -0.2) is 13.8 Å². The molecule has 0 aliphatic carbocycles. The molecule has 0 saturated heterocycles. The second kappa shape index (κ2) is 4.40. The van der Waals surface area contributed by atoms with Gasteiger partial charge in [-0.15, -0.1) is 0 Å². The van der Waals surface area contributed by atoms with E-state index in [1.807, 2.05) is 0 Å². The van der Waals surface area contributed by atoms with Crippen LogP contribution in [0.15, 0.2) is 16.9 Å². The first-order chi connectivity index (χ1) is 9.06. The molecule has 1 aliphatic heterocycles. The average Bonchev–Trinajstić information content (AvgIpc) is 2.82. The van der Waals surface area contributed by atoms with Gasteiger partial charge in [0, 0.05) is 0 Å². The van der Waals surface area contributed by atoms with Gasteiger partial charge in [0.15, 0.2) is 0 Å². The summed E-state index contributed by atoms with van der Waals surface area (Å²) in [4.78, 5) is 18.3. The highest BCUT2D eigenvalue weighted by atomic mass is 35.5. The first kappa shape index (κ1) is 12.3. The molecule has 1 aliphatic rings. The van der Waals surface area contributed by atoms with Gasteiger partial charge in [0.2, 0.25) is 0 Å². The molecule has 3 rings (SSSR count). The van der Waals surface area contributed by atoms with Gasteiger partial charge >= 0.3 is 0 Å². The van der Waals surface area contributed by atoms with E-state index in [1.165, 1.54) is 0 Å². The van der Waals surface area contributed by atoms with Crippen molar-refractivity contribution in [3.8, 4) is 11.4 Å². The second-order valence-corrected chi connectivity index (χ2v) is 4.49. The van der Waals surface area contributed by atoms with Gasteiger partial charge in [-0.3, -0.25) is 4.79 Å². The number of ether oxygens (including phenoxy) is 1. The van der Waals surface area contributed by atoms with Crippen LogP contribution in [0.5, 0.6) is 0 Å². The molecule has 19 heavy (non-hydrogen) atoms. The van der Waals surface area contributed by atoms with Gasteiger partial charge in [0.05, 0.1) is 35.1 Å². The van der Waals surface area contributed by atoms with E-state index < -0.39 is 17.2 Å². The van der Waals surface area contributed by atoms with Crippen LogP contribution in [0.1, 0.15) is 11.3 Å². The Bertz CT molecular complexity index is 730. The number of aromatic nitrogens is 2. The van der Waals surface area contributed by atoms with Crippen molar-refractivity contribution < 1.29 is 13.5 Å². The van der Waals surface area contributed by atoms with Crippen LogP contribution >= 0.6 is 11.6 Å². The summed E-state index contributed by atoms with van der Waals surface area (Å²) in [6, 6.07) is 1.74. The summed E-state index contributed by atoms with van der Waals surface area (Å²) in [6.45, 7) is 0.360. The van der Waals surface area contributed by atoms with Crippen molar-refractivity contribution in [3.05, 3.63) is 50.4 Å². The number of benzene rings is 1. The van der Waals surface area contributed by atoms with E-state index in [2.05, 4.69) is 9.97 Å². The lowest BCUT2D eigenvalue weighted by molar-refractivity contribution is 0.133. The van der Waals surface area contributed by atoms with Crippen molar-refractivity contribution in [3.63, 3.8) is 0 Å². The summed E-state index contributed by atoms with van der Waals surface area (Å²) < 4.78 is 32.2. The standard InChI is InChI=1S/C12H7ClF2N2O2/c13-7-2-8(14)5(1-9(7)15)11-16-10-4-19-3-6(10)12(18)17-11/h1-2H,3-4H2,(H,16,17,18). The Hall–Kier alpha value is -1.79. The molecule has 98 valence electrons. The highest BCUT2D eigenvalue weighted by Gasteiger charge is 2.20. The summed E-state index contributed by atoms with van der Waals surface area (Å²) >= 11 is 5.47. The topological polar surface area (TPSA) is 55.0 Å². The lowest BCUT2D eigenvalue weighted by Gasteiger charge is -2.05. The molecule has 0 amide bonds. The first-order valence-corrected chi connectivity index (χ1v) is 5.79. The van der Waals surface area contributed by atoms with Crippen LogP contribution < -0.4 is 5.56 Å². The molecule has 0 unspecified atom stereocenters. The molecule has 2 heterocycles. The smallest absolute Gasteiger partial charge is 0.257 e. The Labute approximate surface area is 111 Å². The van der Waals surface area contributed by atoms with Crippen LogP contribution in [0.2, 0.25) is 5.02 Å². The van der Waals surface area contributed by atoms with E-state index in [-0.39, 0.29) is 29.6 Å². The van der Waals surface area contributed by atoms with Crippen LogP contribution in [-0.2, 0) is 18.0 Å². The van der Waals surface area contributed by atoms with Crippen LogP contribution in [0, 0.1) is 11.6 Å². The van der Waals surface area contributed by atoms with Crippen molar-refractivity contribution in [2.24, 2.45) is 0 Å². The Morgan fingerprint density at radius 1 is 1.26 bits per heavy atom. The lowest BCUT2D eigenvalue weighted by atomic mass is 10.1. The summed E-state index contributed by atoms with van der Waals surface area (Å²) in [6.07, 6.45) is 0. The minimum Gasteiger partial charge on any atom is -0.370 e. The van der Waals surface area contributed by atoms with Gasteiger partial charge < -0.3 is 9.72 Å². The van der Waals surface area contributed by atoms with Crippen molar-refractivity contribution in [1.82, 2.24) is 9.97 Å². The normalized spacial score (nSPS) is 13.6. The van der Waals surface area contributed by atoms with Gasteiger partial charge in [-0.05, 0) is 12.1 Å². The number of rotatable bonds is 1. The second-order valence-electron chi connectivity index (χ2n) is 4.08. The first-order valence-electron chi connectivity index (χ1n) is 5.41. The SMILES string of the molecule is O=c1[nH]c(-c2cc(F)c(Cl)cc2F)nc2c1COC2. The Morgan fingerprint density at radius 2 is 2.05 bits per heavy atom. The third kappa shape index (κ3) is 2.02. The molecular weight excluding hydrogens is 278 g/mol. The van der Waals surface area contributed by atoms with Gasteiger partial charge in [0.1, 0.15) is 17.5 Å². The Morgan fingerprint density at radius 3 is 2.84 bits per heavy atom. The molecule has 0 bridgehead atoms. The van der Waals surface area contributed by atoms with Crippen molar-refractivity contribution in [2.75, 3.05) is 0 Å². The molecule has 1 N–H and O–H groups in total. The van der Waals surface area contributed by atoms with Crippen molar-refractivity contribution >= 4 is 11.6 Å². The highest BCUT2D eigenvalue weighted by molar-refractivity contribution is 6.30. The minimum atomic E-state index is -0.780. The van der Waals surface area contributed by atoms with Crippen LogP contribution in [0.4, 0.5) is 8.78 Å². The molecule has 0 spiro atoms. The number of H-pyrrole nitrogens is 1. The molecule has 0 radical (unpaired) electrons. The molecule has 4 nitrogen and oxygen atoms in total. The van der Waals surface area contributed by atoms with Gasteiger partial charge in [-0.1, -0.05) is 11.6 Å². The number of hydrogen-bond acceptors (Lipinski definition) is 3. The van der Waals surface area contributed by atoms with E-state index in [1.54, 1.807) is 0 Å². The fourth-order valence-electron chi connectivity index (χ4n) is 1.89. The molecule has 7 heteroatoms. The molecule has 1 aromatic carbocycles. The van der Waals surface area contributed by atoms with Crippen LogP contribution in [0.25, 0.3) is 11.4 Å². The molecule has 0 saturated carbocycles. The Kier molecular flexibility index (Phi) is 2.83. The molecule has 2 aromatic rings. The van der Waals surface area contributed by atoms with E-state index in [0.717, 1.165) is 12.1 Å². The van der Waals surface area contributed by atoms with Crippen LogP contribution in [0.3, 0.4) is 0 Å². The predicted molar refractivity (Wildman–Crippen MR) is 63.7 cm³/mol. The monoisotopic (exact) mass is 284 g/mol. The third-order valence-corrected chi connectivity index (χ3v) is 3.14. The Balaban J connectivity index is 2.21. The van der Waals surface area contributed by atoms with E-state index >= 15 is 0 Å². The number of nitrogens with one attached hydrogen (secondary N) is 1. The van der Waals surface area contributed by atoms with Crippen LogP contribution in [-0.4, -0.2) is 9.97 Å². The molecule has 1 aromatic heterocycles. The summed E-state index contributed by atoms with van der Waals surface area (Å²) in [5, 5.41) is -0.326. The molecular formula is C12H7ClF2N2O2. The summed E-state index contributed by atoms with van der Waals surface area (Å²) in [7, 11) is 0. The van der Waals surface area contributed by atoms with E-state index in [0.29, 0.717) is 11.3 Å². The summed E-state index contributed by atoms with van der Waals surface area (Å²) in [5.41, 5.74) is 0.299. The number of aromatic amines is 1. The number of nitrogens with zero attached hydrogens (tertiary/aromatic N) is 1. The summed E-state index contributed by atoms with van der Waals surface area (Å²) in [5.74, 6) is -1.58. The highest BCUT2D eigenvalue weighted by Crippen LogP contribution is 2.26. The number of fused-ring (bicyclic) bond motifs is 1. The van der Waals surface area contributed by atoms with Crippen molar-refractivity contribution in [1.29, 1.82) is 0 Å². The maximum absolute atomic E-state index is 13.8. The number of halogens is 3. The maximum atomic E-state index is 13.8. The zero-order valence-electron chi connectivity index (χ0n) is 9.47. The molecule has 0 fully saturated rings. The predicted octanol–water partition coefficient (Wildman–Crippen LogP) is 2.40. The minimum absolute atomic E-state index is 0.0395. The lowest BCUT2D eigenvalue weighted by Crippen LogP contribution is -2.15. The quantitative estimate of drug-likeness (QED) is 0.818. The fraction of sp³-hybridized carbons (Fsp3) is 0.167. The maximum Gasteiger partial charge on any atom is 0.257 e. The van der Waals surface area contributed by atoms with Crippen molar-refractivity contribution in [2.45, 2.75) is 13.2 Å². The van der Waals surface area contributed by atoms with E-state index in [4.69, 9.17) is 16.3 Å². The largest absolute Gasteiger partial charge is 0.370 e. The van der Waals surface area contributed by atoms with Gasteiger partial charge in [0.25, 0.3) is 5.56 Å². The van der Waals surface area contributed by atoms with Gasteiger partial charge in [-0.2, -0.15) is 0 Å². The molecule has 0 atom stereocenters. The number of hydrogen-bond donors (Lipinski definition) is 1. The van der Waals surface area contributed by atoms with E-state index in [9.17, 15) is 13.6 Å². The zero-order chi connectivity index (χ0) is 13.6. The third-order valence-electron chi connectivity index (χ3n) is 2.85. The zero-order valence-corrected chi connectivity index (χ0v) is 10.2. The fourth-order valence-corrected chi connectivity index (χ4v) is 2.04. The average molecular weight is 285 g/mol.